The summed E-state index contributed by atoms with van der Waals surface area (Å²) in [4.78, 5) is 34.3. The van der Waals surface area contributed by atoms with Crippen LogP contribution < -0.4 is 0 Å². The number of carboxylic acids is 1. The van der Waals surface area contributed by atoms with Gasteiger partial charge in [-0.25, -0.2) is 0 Å². The molecule has 0 saturated carbocycles. The zero-order valence-electron chi connectivity index (χ0n) is 10.9. The van der Waals surface area contributed by atoms with Gasteiger partial charge in [0.2, 0.25) is 0 Å². The van der Waals surface area contributed by atoms with Crippen LogP contribution in [0.2, 0.25) is 0 Å². The zero-order valence-corrected chi connectivity index (χ0v) is 12.5. The first-order chi connectivity index (χ1) is 9.22. The fourth-order valence-corrected chi connectivity index (χ4v) is 2.08. The second-order valence-corrected chi connectivity index (χ2v) is 5.30. The van der Waals surface area contributed by atoms with Crippen LogP contribution in [-0.2, 0) is 4.79 Å². The van der Waals surface area contributed by atoms with Gasteiger partial charge in [-0.05, 0) is 6.07 Å². The summed E-state index contributed by atoms with van der Waals surface area (Å²) in [5.74, 6) is -2.20. The van der Waals surface area contributed by atoms with Crippen molar-refractivity contribution in [3.05, 3.63) is 38.3 Å². The zero-order chi connectivity index (χ0) is 15.4. The fraction of sp³-hybridized carbons (Fsp3) is 0.333. The summed E-state index contributed by atoms with van der Waals surface area (Å²) in [5.41, 5.74) is -0.0754. The van der Waals surface area contributed by atoms with E-state index in [0.717, 1.165) is 6.07 Å². The van der Waals surface area contributed by atoms with Crippen molar-refractivity contribution in [3.63, 3.8) is 0 Å². The number of nitro groups is 1. The standard InChI is InChI=1S/C12H13BrN2O5/c1-7(12(17)18)6-14(2)11(16)8-3-9(13)5-10(4-8)15(19)20/h3-5,7H,6H2,1-2H3,(H,17,18). The minimum absolute atomic E-state index is 0.0223. The first-order valence-electron chi connectivity index (χ1n) is 5.65. The van der Waals surface area contributed by atoms with Crippen LogP contribution in [0.1, 0.15) is 17.3 Å². The summed E-state index contributed by atoms with van der Waals surface area (Å²) in [7, 11) is 1.45. The lowest BCUT2D eigenvalue weighted by Gasteiger charge is -2.19. The van der Waals surface area contributed by atoms with E-state index in [0.29, 0.717) is 4.47 Å². The Bertz CT molecular complexity index is 561. The van der Waals surface area contributed by atoms with Crippen molar-refractivity contribution in [2.45, 2.75) is 6.92 Å². The molecule has 1 N–H and O–H groups in total. The molecular formula is C12H13BrN2O5. The minimum atomic E-state index is -1.01. The number of hydrogen-bond donors (Lipinski definition) is 1. The maximum absolute atomic E-state index is 12.1. The molecule has 108 valence electrons. The molecule has 1 aromatic carbocycles. The molecule has 0 bridgehead atoms. The van der Waals surface area contributed by atoms with Gasteiger partial charge >= 0.3 is 5.97 Å². The normalized spacial score (nSPS) is 11.8. The van der Waals surface area contributed by atoms with Gasteiger partial charge in [0.25, 0.3) is 11.6 Å². The van der Waals surface area contributed by atoms with Gasteiger partial charge in [0, 0.05) is 35.8 Å². The Labute approximate surface area is 123 Å². The van der Waals surface area contributed by atoms with E-state index in [9.17, 15) is 19.7 Å². The molecule has 1 aromatic rings. The van der Waals surface area contributed by atoms with Gasteiger partial charge in [-0.2, -0.15) is 0 Å². The smallest absolute Gasteiger partial charge is 0.308 e. The van der Waals surface area contributed by atoms with Crippen LogP contribution in [0, 0.1) is 16.0 Å². The Balaban J connectivity index is 2.97. The Morgan fingerprint density at radius 2 is 2.05 bits per heavy atom. The maximum atomic E-state index is 12.1. The number of amides is 1. The molecule has 0 aliphatic carbocycles. The van der Waals surface area contributed by atoms with Gasteiger partial charge in [-0.1, -0.05) is 22.9 Å². The van der Waals surface area contributed by atoms with Crippen molar-refractivity contribution in [2.75, 3.05) is 13.6 Å². The van der Waals surface area contributed by atoms with Crippen molar-refractivity contribution in [2.24, 2.45) is 5.92 Å². The summed E-state index contributed by atoms with van der Waals surface area (Å²) in [6.07, 6.45) is 0. The van der Waals surface area contributed by atoms with Crippen LogP contribution in [0.15, 0.2) is 22.7 Å². The van der Waals surface area contributed by atoms with Crippen molar-refractivity contribution >= 4 is 33.5 Å². The van der Waals surface area contributed by atoms with E-state index in [4.69, 9.17) is 5.11 Å². The van der Waals surface area contributed by atoms with E-state index >= 15 is 0 Å². The molecule has 0 fully saturated rings. The average molecular weight is 345 g/mol. The highest BCUT2D eigenvalue weighted by molar-refractivity contribution is 9.10. The van der Waals surface area contributed by atoms with Crippen molar-refractivity contribution in [3.8, 4) is 0 Å². The number of nitrogens with zero attached hydrogens (tertiary/aromatic N) is 2. The van der Waals surface area contributed by atoms with Crippen LogP contribution in [0.5, 0.6) is 0 Å². The molecule has 1 rings (SSSR count). The number of nitro benzene ring substituents is 1. The highest BCUT2D eigenvalue weighted by atomic mass is 79.9. The predicted octanol–water partition coefficient (Wildman–Crippen LogP) is 2.15. The number of carbonyl (C=O) groups excluding carboxylic acids is 1. The molecule has 0 aliphatic heterocycles. The van der Waals surface area contributed by atoms with Crippen LogP contribution in [-0.4, -0.2) is 40.4 Å². The Kier molecular flexibility index (Phi) is 5.20. The van der Waals surface area contributed by atoms with Crippen LogP contribution in [0.4, 0.5) is 5.69 Å². The number of rotatable bonds is 5. The molecule has 0 radical (unpaired) electrons. The lowest BCUT2D eigenvalue weighted by molar-refractivity contribution is -0.385. The lowest BCUT2D eigenvalue weighted by atomic mass is 10.1. The fourth-order valence-electron chi connectivity index (χ4n) is 1.60. The van der Waals surface area contributed by atoms with E-state index in [1.54, 1.807) is 0 Å². The Morgan fingerprint density at radius 1 is 1.45 bits per heavy atom. The first kappa shape index (κ1) is 16.1. The molecule has 1 atom stereocenters. The SMILES string of the molecule is CC(CN(C)C(=O)c1cc(Br)cc([N+](=O)[O-])c1)C(=O)O. The molecule has 20 heavy (non-hydrogen) atoms. The number of halogens is 1. The lowest BCUT2D eigenvalue weighted by Crippen LogP contribution is -2.33. The quantitative estimate of drug-likeness (QED) is 0.651. The van der Waals surface area contributed by atoms with Gasteiger partial charge in [0.05, 0.1) is 10.8 Å². The van der Waals surface area contributed by atoms with Crippen LogP contribution in [0.3, 0.4) is 0 Å². The number of carbonyl (C=O) groups is 2. The summed E-state index contributed by atoms with van der Waals surface area (Å²) >= 11 is 3.10. The van der Waals surface area contributed by atoms with Crippen molar-refractivity contribution < 1.29 is 19.6 Å². The highest BCUT2D eigenvalue weighted by Crippen LogP contribution is 2.22. The third kappa shape index (κ3) is 4.02. The summed E-state index contributed by atoms with van der Waals surface area (Å²) in [6.45, 7) is 1.50. The summed E-state index contributed by atoms with van der Waals surface area (Å²) in [5, 5.41) is 19.6. The minimum Gasteiger partial charge on any atom is -0.481 e. The second kappa shape index (κ2) is 6.47. The first-order valence-corrected chi connectivity index (χ1v) is 6.45. The van der Waals surface area contributed by atoms with Gasteiger partial charge in [-0.15, -0.1) is 0 Å². The van der Waals surface area contributed by atoms with Crippen molar-refractivity contribution in [1.29, 1.82) is 0 Å². The van der Waals surface area contributed by atoms with E-state index in [-0.39, 0.29) is 17.8 Å². The van der Waals surface area contributed by atoms with Crippen LogP contribution >= 0.6 is 15.9 Å². The average Bonchev–Trinajstić information content (AvgIpc) is 2.36. The summed E-state index contributed by atoms with van der Waals surface area (Å²) in [6, 6.07) is 3.91. The van der Waals surface area contributed by atoms with Gasteiger partial charge in [0.1, 0.15) is 0 Å². The molecule has 7 nitrogen and oxygen atoms in total. The van der Waals surface area contributed by atoms with E-state index in [2.05, 4.69) is 15.9 Å². The predicted molar refractivity (Wildman–Crippen MR) is 74.6 cm³/mol. The monoisotopic (exact) mass is 344 g/mol. The molecule has 0 saturated heterocycles. The molecule has 1 amide bonds. The molecular weight excluding hydrogens is 332 g/mol. The van der Waals surface area contributed by atoms with E-state index in [1.165, 1.54) is 31.0 Å². The van der Waals surface area contributed by atoms with Gasteiger partial charge < -0.3 is 10.0 Å². The number of carboxylic acid groups (broad SMARTS) is 1. The van der Waals surface area contributed by atoms with E-state index in [1.807, 2.05) is 0 Å². The molecule has 1 unspecified atom stereocenters. The third-order valence-electron chi connectivity index (χ3n) is 2.66. The molecule has 0 spiro atoms. The molecule has 0 aliphatic rings. The Morgan fingerprint density at radius 3 is 2.55 bits per heavy atom. The largest absolute Gasteiger partial charge is 0.481 e. The van der Waals surface area contributed by atoms with Gasteiger partial charge in [0.15, 0.2) is 0 Å². The number of benzene rings is 1. The van der Waals surface area contributed by atoms with Crippen molar-refractivity contribution in [1.82, 2.24) is 4.90 Å². The maximum Gasteiger partial charge on any atom is 0.308 e. The highest BCUT2D eigenvalue weighted by Gasteiger charge is 2.20. The third-order valence-corrected chi connectivity index (χ3v) is 3.11. The van der Waals surface area contributed by atoms with E-state index < -0.39 is 22.7 Å². The van der Waals surface area contributed by atoms with Gasteiger partial charge in [-0.3, -0.25) is 19.7 Å². The van der Waals surface area contributed by atoms with Crippen LogP contribution in [0.25, 0.3) is 0 Å². The number of hydrogen-bond acceptors (Lipinski definition) is 4. The topological polar surface area (TPSA) is 101 Å². The summed E-state index contributed by atoms with van der Waals surface area (Å²) < 4.78 is 0.412. The second-order valence-electron chi connectivity index (χ2n) is 4.38. The Hall–Kier alpha value is -1.96. The number of aliphatic carboxylic acids is 1. The molecule has 0 heterocycles. The molecule has 0 aromatic heterocycles. The number of non-ortho nitro benzene ring substituents is 1. The molecule has 8 heteroatoms.